The average molecular weight is 372 g/mol. The van der Waals surface area contributed by atoms with Crippen molar-refractivity contribution in [1.82, 2.24) is 4.90 Å². The number of ether oxygens (including phenoxy) is 2. The molecule has 3 rings (SSSR count). The highest BCUT2D eigenvalue weighted by Gasteiger charge is 2.52. The van der Waals surface area contributed by atoms with E-state index in [1.54, 1.807) is 20.1 Å². The molecule has 0 aromatic heterocycles. The molecule has 1 aromatic rings. The summed E-state index contributed by atoms with van der Waals surface area (Å²) in [5.41, 5.74) is 8.94. The number of carbonyl (C=O) groups excluding carboxylic acids is 1. The van der Waals surface area contributed by atoms with Crippen LogP contribution in [0.4, 0.5) is 4.79 Å². The topological polar surface area (TPSA) is 96.8 Å². The second-order valence-electron chi connectivity index (χ2n) is 7.61. The summed E-state index contributed by atoms with van der Waals surface area (Å²) in [4.78, 5) is 17.2. The summed E-state index contributed by atoms with van der Waals surface area (Å²) in [6.07, 6.45) is 2.99. The fourth-order valence-corrected chi connectivity index (χ4v) is 4.43. The van der Waals surface area contributed by atoms with E-state index in [1.807, 2.05) is 24.3 Å². The minimum absolute atomic E-state index is 0.282. The lowest BCUT2D eigenvalue weighted by molar-refractivity contribution is -0.0394. The molecule has 1 heterocycles. The van der Waals surface area contributed by atoms with Crippen LogP contribution in [-0.4, -0.2) is 51.4 Å². The summed E-state index contributed by atoms with van der Waals surface area (Å²) in [5.74, 6) is 0.786. The van der Waals surface area contributed by atoms with Gasteiger partial charge in [0.1, 0.15) is 11.4 Å². The molecule has 0 N–H and O–H groups in total. The van der Waals surface area contributed by atoms with Crippen molar-refractivity contribution < 1.29 is 18.9 Å². The summed E-state index contributed by atoms with van der Waals surface area (Å²) in [7, 11) is 3.28. The van der Waals surface area contributed by atoms with Crippen molar-refractivity contribution in [3.63, 3.8) is 0 Å². The third kappa shape index (κ3) is 4.31. The van der Waals surface area contributed by atoms with Crippen LogP contribution in [0.3, 0.4) is 0 Å². The maximum atomic E-state index is 12.5. The minimum atomic E-state index is -0.536. The Labute approximate surface area is 159 Å². The third-order valence-corrected chi connectivity index (χ3v) is 5.53. The van der Waals surface area contributed by atoms with E-state index in [4.69, 9.17) is 19.7 Å². The maximum Gasteiger partial charge on any atom is 0.410 e. The standard InChI is InChI=1S/C18H25BN4O4/c1-25-15-5-3-14(4-6-15)9-23-12-18(27-16(23)24)8-2-7-17(10-18,13-26-19)11-21-22-20/h3-6H,2,7-13,19H2,1H3. The van der Waals surface area contributed by atoms with E-state index in [2.05, 4.69) is 10.0 Å². The van der Waals surface area contributed by atoms with Gasteiger partial charge in [-0.1, -0.05) is 17.2 Å². The van der Waals surface area contributed by atoms with E-state index in [9.17, 15) is 4.79 Å². The summed E-state index contributed by atoms with van der Waals surface area (Å²) < 4.78 is 16.5. The van der Waals surface area contributed by atoms with Crippen LogP contribution in [0.5, 0.6) is 5.75 Å². The molecule has 0 bridgehead atoms. The smallest absolute Gasteiger partial charge is 0.410 e. The molecule has 1 spiro atoms. The van der Waals surface area contributed by atoms with Gasteiger partial charge >= 0.3 is 6.09 Å². The van der Waals surface area contributed by atoms with E-state index in [0.29, 0.717) is 32.7 Å². The molecule has 9 heteroatoms. The van der Waals surface area contributed by atoms with Crippen LogP contribution in [0.2, 0.25) is 0 Å². The molecule has 2 unspecified atom stereocenters. The van der Waals surface area contributed by atoms with Crippen LogP contribution < -0.4 is 4.74 Å². The minimum Gasteiger partial charge on any atom is -0.497 e. The van der Waals surface area contributed by atoms with Crippen molar-refractivity contribution >= 4 is 14.1 Å². The van der Waals surface area contributed by atoms with Gasteiger partial charge in [0.25, 0.3) is 8.05 Å². The molecule has 2 aliphatic rings. The second kappa shape index (κ2) is 8.11. The maximum absolute atomic E-state index is 12.5. The normalized spacial score (nSPS) is 27.3. The van der Waals surface area contributed by atoms with Crippen LogP contribution in [0.15, 0.2) is 29.4 Å². The zero-order valence-corrected chi connectivity index (χ0v) is 15.9. The van der Waals surface area contributed by atoms with Crippen molar-refractivity contribution in [3.05, 3.63) is 40.3 Å². The first-order valence-corrected chi connectivity index (χ1v) is 9.14. The Balaban J connectivity index is 1.72. The van der Waals surface area contributed by atoms with Crippen molar-refractivity contribution in [2.45, 2.75) is 37.8 Å². The number of benzene rings is 1. The summed E-state index contributed by atoms with van der Waals surface area (Å²) in [6, 6.07) is 7.68. The molecule has 1 saturated carbocycles. The second-order valence-corrected chi connectivity index (χ2v) is 7.61. The average Bonchev–Trinajstić information content (AvgIpc) is 2.95. The number of hydrogen-bond acceptors (Lipinski definition) is 5. The molecule has 8 nitrogen and oxygen atoms in total. The first kappa shape index (κ1) is 19.4. The summed E-state index contributed by atoms with van der Waals surface area (Å²) in [6.45, 7) is 1.89. The van der Waals surface area contributed by atoms with E-state index in [0.717, 1.165) is 30.6 Å². The Morgan fingerprint density at radius 3 is 2.81 bits per heavy atom. The van der Waals surface area contributed by atoms with E-state index >= 15 is 0 Å². The molecule has 1 aromatic carbocycles. The lowest BCUT2D eigenvalue weighted by atomic mass is 9.67. The Morgan fingerprint density at radius 2 is 2.15 bits per heavy atom. The van der Waals surface area contributed by atoms with Crippen LogP contribution >= 0.6 is 0 Å². The zero-order valence-electron chi connectivity index (χ0n) is 15.9. The first-order valence-electron chi connectivity index (χ1n) is 9.14. The number of methoxy groups -OCH3 is 1. The molecular formula is C18H25BN4O4. The number of azide groups is 1. The van der Waals surface area contributed by atoms with Gasteiger partial charge in [-0.3, -0.25) is 4.90 Å². The quantitative estimate of drug-likeness (QED) is 0.318. The predicted octanol–water partition coefficient (Wildman–Crippen LogP) is 2.82. The number of hydrogen-bond donors (Lipinski definition) is 0. The van der Waals surface area contributed by atoms with Crippen LogP contribution in [0.1, 0.15) is 31.2 Å². The molecule has 27 heavy (non-hydrogen) atoms. The molecule has 1 aliphatic heterocycles. The predicted molar refractivity (Wildman–Crippen MR) is 102 cm³/mol. The molecule has 1 amide bonds. The van der Waals surface area contributed by atoms with E-state index in [-0.39, 0.29) is 11.5 Å². The zero-order chi connectivity index (χ0) is 19.3. The number of carbonyl (C=O) groups is 1. The number of amides is 1. The Hall–Kier alpha value is -2.38. The highest BCUT2D eigenvalue weighted by molar-refractivity contribution is 5.97. The Bertz CT molecular complexity index is 721. The number of nitrogens with zero attached hydrogens (tertiary/aromatic N) is 4. The SMILES string of the molecule is BOCC1(CN=[N+]=[N-])CCCC2(CN(Cc3ccc(OC)cc3)C(=O)O2)C1. The molecule has 2 atom stereocenters. The van der Waals surface area contributed by atoms with Gasteiger partial charge in [0, 0.05) is 30.0 Å². The molecule has 1 aliphatic carbocycles. The Morgan fingerprint density at radius 1 is 1.37 bits per heavy atom. The van der Waals surface area contributed by atoms with Crippen LogP contribution in [0.25, 0.3) is 10.4 Å². The van der Waals surface area contributed by atoms with Gasteiger partial charge in [0.2, 0.25) is 0 Å². The summed E-state index contributed by atoms with van der Waals surface area (Å²) >= 11 is 0. The molecule has 2 fully saturated rings. The van der Waals surface area contributed by atoms with Crippen LogP contribution in [0, 0.1) is 5.41 Å². The van der Waals surface area contributed by atoms with Gasteiger partial charge in [0.05, 0.1) is 13.7 Å². The van der Waals surface area contributed by atoms with Gasteiger partial charge in [-0.15, -0.1) is 0 Å². The largest absolute Gasteiger partial charge is 0.497 e. The first-order chi connectivity index (χ1) is 13.0. The van der Waals surface area contributed by atoms with Crippen molar-refractivity contribution in [2.75, 3.05) is 26.8 Å². The van der Waals surface area contributed by atoms with Gasteiger partial charge in [-0.25, -0.2) is 4.79 Å². The van der Waals surface area contributed by atoms with Crippen LogP contribution in [-0.2, 0) is 15.9 Å². The lowest BCUT2D eigenvalue weighted by Gasteiger charge is -2.44. The van der Waals surface area contributed by atoms with Crippen molar-refractivity contribution in [2.24, 2.45) is 10.5 Å². The molecule has 1 saturated heterocycles. The highest BCUT2D eigenvalue weighted by atomic mass is 16.6. The monoisotopic (exact) mass is 372 g/mol. The number of rotatable bonds is 7. The Kier molecular flexibility index (Phi) is 5.82. The fraction of sp³-hybridized carbons (Fsp3) is 0.611. The van der Waals surface area contributed by atoms with E-state index < -0.39 is 5.60 Å². The van der Waals surface area contributed by atoms with Gasteiger partial charge in [-0.05, 0) is 48.9 Å². The van der Waals surface area contributed by atoms with Gasteiger partial charge in [-0.2, -0.15) is 0 Å². The highest BCUT2D eigenvalue weighted by Crippen LogP contribution is 2.47. The molecular weight excluding hydrogens is 347 g/mol. The lowest BCUT2D eigenvalue weighted by Crippen LogP contribution is -2.47. The van der Waals surface area contributed by atoms with Gasteiger partial charge < -0.3 is 14.1 Å². The fourth-order valence-electron chi connectivity index (χ4n) is 4.43. The summed E-state index contributed by atoms with van der Waals surface area (Å²) in [5, 5.41) is 3.80. The van der Waals surface area contributed by atoms with Crippen molar-refractivity contribution in [1.29, 1.82) is 0 Å². The third-order valence-electron chi connectivity index (χ3n) is 5.53. The molecule has 144 valence electrons. The van der Waals surface area contributed by atoms with Gasteiger partial charge in [0.15, 0.2) is 0 Å². The van der Waals surface area contributed by atoms with E-state index in [1.165, 1.54) is 0 Å². The molecule has 0 radical (unpaired) electrons. The van der Waals surface area contributed by atoms with Crippen molar-refractivity contribution in [3.8, 4) is 5.75 Å².